The summed E-state index contributed by atoms with van der Waals surface area (Å²) in [7, 11) is 0. The summed E-state index contributed by atoms with van der Waals surface area (Å²) in [6.45, 7) is 4.02. The Hall–Kier alpha value is -1.58. The standard InChI is InChI=1S/C15H14ClNOS/c1-9-3-4-10(2)14(7-9)18-11-5-6-12(15(17)19)13(16)8-11/h3-8H,1-2H3,(H2,17,19). The lowest BCUT2D eigenvalue weighted by molar-refractivity contribution is 0.478. The van der Waals surface area contributed by atoms with Crippen LogP contribution in [0.5, 0.6) is 11.5 Å². The average Bonchev–Trinajstić information content (AvgIpc) is 2.33. The van der Waals surface area contributed by atoms with Gasteiger partial charge in [0.1, 0.15) is 16.5 Å². The van der Waals surface area contributed by atoms with Crippen molar-refractivity contribution in [3.63, 3.8) is 0 Å². The van der Waals surface area contributed by atoms with Crippen molar-refractivity contribution in [2.45, 2.75) is 13.8 Å². The molecule has 0 saturated carbocycles. The van der Waals surface area contributed by atoms with Crippen molar-refractivity contribution in [2.75, 3.05) is 0 Å². The third kappa shape index (κ3) is 3.25. The SMILES string of the molecule is Cc1ccc(C)c(Oc2ccc(C(N)=S)c(Cl)c2)c1. The Balaban J connectivity index is 2.31. The van der Waals surface area contributed by atoms with E-state index >= 15 is 0 Å². The zero-order chi connectivity index (χ0) is 14.0. The molecule has 0 atom stereocenters. The van der Waals surface area contributed by atoms with Crippen LogP contribution >= 0.6 is 23.8 Å². The molecule has 0 aromatic heterocycles. The van der Waals surface area contributed by atoms with Crippen LogP contribution in [-0.4, -0.2) is 4.99 Å². The second kappa shape index (κ2) is 5.59. The van der Waals surface area contributed by atoms with Gasteiger partial charge in [-0.2, -0.15) is 0 Å². The van der Waals surface area contributed by atoms with E-state index in [9.17, 15) is 0 Å². The van der Waals surface area contributed by atoms with Gasteiger partial charge in [0.25, 0.3) is 0 Å². The van der Waals surface area contributed by atoms with Crippen LogP contribution in [0.25, 0.3) is 0 Å². The number of rotatable bonds is 3. The number of halogens is 1. The minimum absolute atomic E-state index is 0.281. The summed E-state index contributed by atoms with van der Waals surface area (Å²) in [6, 6.07) is 11.4. The lowest BCUT2D eigenvalue weighted by atomic mass is 10.1. The van der Waals surface area contributed by atoms with Crippen molar-refractivity contribution in [1.82, 2.24) is 0 Å². The van der Waals surface area contributed by atoms with Crippen LogP contribution in [-0.2, 0) is 0 Å². The highest BCUT2D eigenvalue weighted by Crippen LogP contribution is 2.29. The Morgan fingerprint density at radius 3 is 2.53 bits per heavy atom. The predicted molar refractivity (Wildman–Crippen MR) is 83.3 cm³/mol. The van der Waals surface area contributed by atoms with E-state index in [1.165, 1.54) is 0 Å². The lowest BCUT2D eigenvalue weighted by Gasteiger charge is -2.11. The van der Waals surface area contributed by atoms with Gasteiger partial charge in [0.05, 0.1) is 5.02 Å². The molecule has 0 aliphatic heterocycles. The van der Waals surface area contributed by atoms with Crippen molar-refractivity contribution in [2.24, 2.45) is 5.73 Å². The highest BCUT2D eigenvalue weighted by atomic mass is 35.5. The number of nitrogens with two attached hydrogens (primary N) is 1. The third-order valence-corrected chi connectivity index (χ3v) is 3.31. The van der Waals surface area contributed by atoms with Gasteiger partial charge in [-0.1, -0.05) is 36.0 Å². The minimum Gasteiger partial charge on any atom is -0.457 e. The van der Waals surface area contributed by atoms with Crippen LogP contribution in [0.3, 0.4) is 0 Å². The number of benzene rings is 2. The highest BCUT2D eigenvalue weighted by molar-refractivity contribution is 7.80. The first-order valence-electron chi connectivity index (χ1n) is 5.82. The summed E-state index contributed by atoms with van der Waals surface area (Å²) in [5.74, 6) is 1.48. The Kier molecular flexibility index (Phi) is 4.08. The van der Waals surface area contributed by atoms with Gasteiger partial charge in [-0.25, -0.2) is 0 Å². The molecule has 0 heterocycles. The van der Waals surface area contributed by atoms with Crippen molar-refractivity contribution >= 4 is 28.8 Å². The zero-order valence-electron chi connectivity index (χ0n) is 10.7. The highest BCUT2D eigenvalue weighted by Gasteiger charge is 2.07. The largest absolute Gasteiger partial charge is 0.457 e. The fraction of sp³-hybridized carbons (Fsp3) is 0.133. The molecule has 2 nitrogen and oxygen atoms in total. The molecule has 0 aliphatic rings. The van der Waals surface area contributed by atoms with Crippen molar-refractivity contribution < 1.29 is 4.74 Å². The number of ether oxygens (including phenoxy) is 1. The summed E-state index contributed by atoms with van der Waals surface area (Å²) >= 11 is 11.0. The molecule has 0 aliphatic carbocycles. The lowest BCUT2D eigenvalue weighted by Crippen LogP contribution is -2.09. The third-order valence-electron chi connectivity index (χ3n) is 2.78. The maximum absolute atomic E-state index is 6.11. The molecular weight excluding hydrogens is 278 g/mol. The van der Waals surface area contributed by atoms with Gasteiger partial charge in [-0.05, 0) is 43.2 Å². The van der Waals surface area contributed by atoms with E-state index in [-0.39, 0.29) is 4.99 Å². The molecule has 0 fully saturated rings. The number of hydrogen-bond acceptors (Lipinski definition) is 2. The van der Waals surface area contributed by atoms with E-state index in [2.05, 4.69) is 0 Å². The molecule has 2 N–H and O–H groups in total. The molecule has 19 heavy (non-hydrogen) atoms. The maximum atomic E-state index is 6.11. The number of aryl methyl sites for hydroxylation is 2. The fourth-order valence-corrected chi connectivity index (χ4v) is 2.21. The van der Waals surface area contributed by atoms with Crippen molar-refractivity contribution in [3.05, 3.63) is 58.1 Å². The summed E-state index contributed by atoms with van der Waals surface area (Å²) in [5, 5.41) is 0.496. The Morgan fingerprint density at radius 2 is 1.89 bits per heavy atom. The second-order valence-corrected chi connectivity index (χ2v) is 5.22. The first kappa shape index (κ1) is 13.8. The average molecular weight is 292 g/mol. The molecule has 0 saturated heterocycles. The number of thiocarbonyl (C=S) groups is 1. The molecule has 2 aromatic carbocycles. The Bertz CT molecular complexity index is 640. The fourth-order valence-electron chi connectivity index (χ4n) is 1.70. The van der Waals surface area contributed by atoms with E-state index in [0.717, 1.165) is 16.9 Å². The van der Waals surface area contributed by atoms with Gasteiger partial charge < -0.3 is 10.5 Å². The Labute approximate surface area is 123 Å². The normalized spacial score (nSPS) is 10.3. The van der Waals surface area contributed by atoms with Crippen LogP contribution in [0.15, 0.2) is 36.4 Å². The van der Waals surface area contributed by atoms with Crippen LogP contribution < -0.4 is 10.5 Å². The molecule has 0 bridgehead atoms. The molecule has 2 aromatic rings. The molecule has 0 spiro atoms. The summed E-state index contributed by atoms with van der Waals surface area (Å²) in [6.07, 6.45) is 0. The van der Waals surface area contributed by atoms with Crippen molar-refractivity contribution in [1.29, 1.82) is 0 Å². The summed E-state index contributed by atoms with van der Waals surface area (Å²) in [5.41, 5.74) is 8.44. The molecular formula is C15H14ClNOS. The van der Waals surface area contributed by atoms with Crippen LogP contribution in [0.2, 0.25) is 5.02 Å². The van der Waals surface area contributed by atoms with Crippen LogP contribution in [0.4, 0.5) is 0 Å². The molecule has 0 unspecified atom stereocenters. The Morgan fingerprint density at radius 1 is 1.16 bits per heavy atom. The van der Waals surface area contributed by atoms with E-state index < -0.39 is 0 Å². The first-order valence-corrected chi connectivity index (χ1v) is 6.60. The predicted octanol–water partition coefficient (Wildman–Crippen LogP) is 4.38. The van der Waals surface area contributed by atoms with Gasteiger partial charge in [0, 0.05) is 11.6 Å². The van der Waals surface area contributed by atoms with E-state index in [1.807, 2.05) is 38.1 Å². The van der Waals surface area contributed by atoms with Gasteiger partial charge >= 0.3 is 0 Å². The molecule has 98 valence electrons. The maximum Gasteiger partial charge on any atom is 0.130 e. The molecule has 2 rings (SSSR count). The molecule has 0 radical (unpaired) electrons. The van der Waals surface area contributed by atoms with E-state index in [0.29, 0.717) is 16.3 Å². The van der Waals surface area contributed by atoms with Crippen molar-refractivity contribution in [3.8, 4) is 11.5 Å². The smallest absolute Gasteiger partial charge is 0.130 e. The second-order valence-electron chi connectivity index (χ2n) is 4.38. The monoisotopic (exact) mass is 291 g/mol. The van der Waals surface area contributed by atoms with Gasteiger partial charge in [-0.3, -0.25) is 0 Å². The first-order chi connectivity index (χ1) is 8.97. The molecule has 0 amide bonds. The summed E-state index contributed by atoms with van der Waals surface area (Å²) in [4.78, 5) is 0.281. The zero-order valence-corrected chi connectivity index (χ0v) is 12.3. The number of hydrogen-bond donors (Lipinski definition) is 1. The van der Waals surface area contributed by atoms with Gasteiger partial charge in [-0.15, -0.1) is 0 Å². The van der Waals surface area contributed by atoms with Crippen LogP contribution in [0, 0.1) is 13.8 Å². The topological polar surface area (TPSA) is 35.2 Å². The van der Waals surface area contributed by atoms with Gasteiger partial charge in [0.15, 0.2) is 0 Å². The molecule has 4 heteroatoms. The van der Waals surface area contributed by atoms with Crippen LogP contribution in [0.1, 0.15) is 16.7 Å². The van der Waals surface area contributed by atoms with Gasteiger partial charge in [0.2, 0.25) is 0 Å². The minimum atomic E-state index is 0.281. The van der Waals surface area contributed by atoms with E-state index in [1.54, 1.807) is 12.1 Å². The summed E-state index contributed by atoms with van der Waals surface area (Å²) < 4.78 is 5.84. The van der Waals surface area contributed by atoms with E-state index in [4.69, 9.17) is 34.3 Å². The quantitative estimate of drug-likeness (QED) is 0.852.